The number of hydrogen-bond donors (Lipinski definition) is 1. The Morgan fingerprint density at radius 3 is 2.13 bits per heavy atom. The van der Waals surface area contributed by atoms with Gasteiger partial charge in [0.1, 0.15) is 6.04 Å². The molecule has 158 valence electrons. The van der Waals surface area contributed by atoms with Crippen LogP contribution in [0, 0.1) is 17.0 Å². The summed E-state index contributed by atoms with van der Waals surface area (Å²) in [5, 5.41) is 14.1. The number of sulfonamides is 1. The summed E-state index contributed by atoms with van der Waals surface area (Å²) in [5.74, 6) is 0. The SMILES string of the molecule is CCC(CC)(C(NS(=O)(=O)c1ccc(C)cc1)c1ccc2ccccc2c1)[N+](=O)[O-]. The van der Waals surface area contributed by atoms with Gasteiger partial charge in [-0.3, -0.25) is 10.1 Å². The zero-order chi connectivity index (χ0) is 21.9. The second-order valence-corrected chi connectivity index (χ2v) is 9.26. The standard InChI is InChI=1S/C23H26N2O4S/c1-4-23(5-2,25(26)27)22(20-13-12-18-8-6-7-9-19(18)16-20)24-30(28,29)21-14-10-17(3)11-15-21/h6-16,22,24H,4-5H2,1-3H3. The van der Waals surface area contributed by atoms with Gasteiger partial charge in [0.25, 0.3) is 0 Å². The van der Waals surface area contributed by atoms with Gasteiger partial charge in [0, 0.05) is 17.8 Å². The summed E-state index contributed by atoms with van der Waals surface area (Å²) in [6.45, 7) is 5.31. The predicted octanol–water partition coefficient (Wildman–Crippen LogP) is 5.00. The van der Waals surface area contributed by atoms with Crippen LogP contribution in [-0.2, 0) is 10.0 Å². The fourth-order valence-corrected chi connectivity index (χ4v) is 5.13. The number of rotatable bonds is 8. The van der Waals surface area contributed by atoms with E-state index in [9.17, 15) is 18.5 Å². The van der Waals surface area contributed by atoms with Crippen LogP contribution in [0.4, 0.5) is 0 Å². The highest BCUT2D eigenvalue weighted by Crippen LogP contribution is 2.37. The molecule has 0 heterocycles. The summed E-state index contributed by atoms with van der Waals surface area (Å²) >= 11 is 0. The molecule has 0 aliphatic carbocycles. The minimum absolute atomic E-state index is 0.0864. The van der Waals surface area contributed by atoms with Crippen LogP contribution in [0.2, 0.25) is 0 Å². The average Bonchev–Trinajstić information content (AvgIpc) is 2.74. The lowest BCUT2D eigenvalue weighted by Gasteiger charge is -2.32. The Morgan fingerprint density at radius 2 is 1.57 bits per heavy atom. The van der Waals surface area contributed by atoms with Gasteiger partial charge in [-0.05, 0) is 41.5 Å². The van der Waals surface area contributed by atoms with Crippen molar-refractivity contribution >= 4 is 20.8 Å². The topological polar surface area (TPSA) is 89.3 Å². The first-order chi connectivity index (χ1) is 14.2. The lowest BCUT2D eigenvalue weighted by molar-refractivity contribution is -0.577. The predicted molar refractivity (Wildman–Crippen MR) is 118 cm³/mol. The maximum absolute atomic E-state index is 13.2. The second-order valence-electron chi connectivity index (χ2n) is 7.54. The van der Waals surface area contributed by atoms with Gasteiger partial charge in [0.2, 0.25) is 15.6 Å². The molecule has 1 atom stereocenters. The normalized spacial score (nSPS) is 13.3. The van der Waals surface area contributed by atoms with E-state index in [2.05, 4.69) is 4.72 Å². The molecule has 0 aliphatic heterocycles. The Bertz CT molecular complexity index is 1150. The van der Waals surface area contributed by atoms with Crippen LogP contribution >= 0.6 is 0 Å². The highest BCUT2D eigenvalue weighted by atomic mass is 32.2. The van der Waals surface area contributed by atoms with Crippen LogP contribution in [-0.4, -0.2) is 18.9 Å². The first-order valence-electron chi connectivity index (χ1n) is 9.95. The fourth-order valence-electron chi connectivity index (χ4n) is 3.84. The molecule has 3 rings (SSSR count). The third kappa shape index (κ3) is 4.08. The Labute approximate surface area is 177 Å². The van der Waals surface area contributed by atoms with Gasteiger partial charge in [0.15, 0.2) is 0 Å². The fraction of sp³-hybridized carbons (Fsp3) is 0.304. The van der Waals surface area contributed by atoms with Crippen molar-refractivity contribution in [2.24, 2.45) is 0 Å². The van der Waals surface area contributed by atoms with Crippen molar-refractivity contribution in [3.8, 4) is 0 Å². The molecule has 0 spiro atoms. The highest BCUT2D eigenvalue weighted by Gasteiger charge is 2.50. The lowest BCUT2D eigenvalue weighted by Crippen LogP contribution is -2.50. The first-order valence-corrected chi connectivity index (χ1v) is 11.4. The third-order valence-corrected chi connectivity index (χ3v) is 7.28. The maximum Gasteiger partial charge on any atom is 0.241 e. The zero-order valence-electron chi connectivity index (χ0n) is 17.3. The van der Waals surface area contributed by atoms with Gasteiger partial charge in [-0.1, -0.05) is 67.9 Å². The Morgan fingerprint density at radius 1 is 0.967 bits per heavy atom. The summed E-state index contributed by atoms with van der Waals surface area (Å²) in [6.07, 6.45) is 0.370. The van der Waals surface area contributed by atoms with E-state index in [1.807, 2.05) is 43.3 Å². The Balaban J connectivity index is 2.16. The van der Waals surface area contributed by atoms with Crippen molar-refractivity contribution in [3.05, 3.63) is 88.0 Å². The molecule has 0 fully saturated rings. The molecule has 0 amide bonds. The van der Waals surface area contributed by atoms with Gasteiger partial charge >= 0.3 is 0 Å². The summed E-state index contributed by atoms with van der Waals surface area (Å²) in [5.41, 5.74) is 0.0341. The van der Waals surface area contributed by atoms with Gasteiger partial charge in [-0.15, -0.1) is 0 Å². The maximum atomic E-state index is 13.2. The van der Waals surface area contributed by atoms with Gasteiger partial charge in [0.05, 0.1) is 4.90 Å². The van der Waals surface area contributed by atoms with E-state index >= 15 is 0 Å². The smallest absolute Gasteiger partial charge is 0.241 e. The van der Waals surface area contributed by atoms with Crippen LogP contribution in [0.25, 0.3) is 10.8 Å². The molecule has 0 aromatic heterocycles. The van der Waals surface area contributed by atoms with E-state index in [-0.39, 0.29) is 22.7 Å². The molecule has 3 aromatic rings. The molecule has 1 N–H and O–H groups in total. The molecule has 3 aromatic carbocycles. The lowest BCUT2D eigenvalue weighted by atomic mass is 9.81. The molecular weight excluding hydrogens is 400 g/mol. The van der Waals surface area contributed by atoms with E-state index in [0.717, 1.165) is 16.3 Å². The van der Waals surface area contributed by atoms with Crippen LogP contribution in [0.1, 0.15) is 43.9 Å². The van der Waals surface area contributed by atoms with E-state index in [1.165, 1.54) is 12.1 Å². The van der Waals surface area contributed by atoms with Crippen molar-refractivity contribution in [2.45, 2.75) is 50.1 Å². The molecule has 0 bridgehead atoms. The van der Waals surface area contributed by atoms with E-state index in [4.69, 9.17) is 0 Å². The van der Waals surface area contributed by atoms with Gasteiger partial charge in [-0.25, -0.2) is 8.42 Å². The quantitative estimate of drug-likeness (QED) is 0.405. The molecule has 1 unspecified atom stereocenters. The Hall–Kier alpha value is -2.77. The molecule has 6 nitrogen and oxygen atoms in total. The number of aryl methyl sites for hydroxylation is 1. The summed E-state index contributed by atoms with van der Waals surface area (Å²) in [4.78, 5) is 11.9. The molecular formula is C23H26N2O4S. The largest absolute Gasteiger partial charge is 0.264 e. The Kier molecular flexibility index (Phi) is 6.24. The third-order valence-electron chi connectivity index (χ3n) is 5.84. The van der Waals surface area contributed by atoms with Crippen LogP contribution < -0.4 is 4.72 Å². The molecule has 0 saturated carbocycles. The van der Waals surface area contributed by atoms with E-state index in [1.54, 1.807) is 32.0 Å². The van der Waals surface area contributed by atoms with E-state index in [0.29, 0.717) is 5.56 Å². The average molecular weight is 427 g/mol. The van der Waals surface area contributed by atoms with E-state index < -0.39 is 21.6 Å². The molecule has 0 saturated heterocycles. The summed E-state index contributed by atoms with van der Waals surface area (Å²) in [6, 6.07) is 18.6. The zero-order valence-corrected chi connectivity index (χ0v) is 18.1. The first kappa shape index (κ1) is 21.9. The molecule has 0 radical (unpaired) electrons. The number of fused-ring (bicyclic) bond motifs is 1. The number of nitrogens with zero attached hydrogens (tertiary/aromatic N) is 1. The minimum atomic E-state index is -3.97. The summed E-state index contributed by atoms with van der Waals surface area (Å²) in [7, 11) is -3.97. The molecule has 0 aliphatic rings. The molecule has 30 heavy (non-hydrogen) atoms. The summed E-state index contributed by atoms with van der Waals surface area (Å²) < 4.78 is 29.0. The van der Waals surface area contributed by atoms with Crippen LogP contribution in [0.15, 0.2) is 71.6 Å². The second kappa shape index (κ2) is 8.53. The highest BCUT2D eigenvalue weighted by molar-refractivity contribution is 7.89. The minimum Gasteiger partial charge on any atom is -0.264 e. The molecule has 7 heteroatoms. The van der Waals surface area contributed by atoms with Crippen molar-refractivity contribution in [1.29, 1.82) is 0 Å². The number of nitro groups is 1. The van der Waals surface area contributed by atoms with Crippen LogP contribution in [0.3, 0.4) is 0 Å². The van der Waals surface area contributed by atoms with Crippen molar-refractivity contribution in [1.82, 2.24) is 4.72 Å². The van der Waals surface area contributed by atoms with Crippen molar-refractivity contribution in [2.75, 3.05) is 0 Å². The number of hydrogen-bond acceptors (Lipinski definition) is 4. The van der Waals surface area contributed by atoms with Crippen molar-refractivity contribution < 1.29 is 13.3 Å². The number of nitrogens with one attached hydrogen (secondary N) is 1. The van der Waals surface area contributed by atoms with Gasteiger partial charge < -0.3 is 0 Å². The number of benzene rings is 3. The monoisotopic (exact) mass is 426 g/mol. The van der Waals surface area contributed by atoms with Crippen molar-refractivity contribution in [3.63, 3.8) is 0 Å². The van der Waals surface area contributed by atoms with Gasteiger partial charge in [-0.2, -0.15) is 4.72 Å². The van der Waals surface area contributed by atoms with Crippen LogP contribution in [0.5, 0.6) is 0 Å².